The lowest BCUT2D eigenvalue weighted by molar-refractivity contribution is 0.0761. The van der Waals surface area contributed by atoms with Gasteiger partial charge in [0.15, 0.2) is 5.11 Å². The third-order valence-corrected chi connectivity index (χ3v) is 5.39. The fourth-order valence-electron chi connectivity index (χ4n) is 3.44. The Morgan fingerprint density at radius 2 is 1.53 bits per heavy atom. The number of ether oxygens (including phenoxy) is 2. The third-order valence-electron chi connectivity index (χ3n) is 5.18. The normalized spacial score (nSPS) is 13.7. The summed E-state index contributed by atoms with van der Waals surface area (Å²) in [6, 6.07) is 13.9. The summed E-state index contributed by atoms with van der Waals surface area (Å²) in [6.07, 6.45) is 4.48. The van der Waals surface area contributed by atoms with Gasteiger partial charge in [0.2, 0.25) is 0 Å². The summed E-state index contributed by atoms with van der Waals surface area (Å²) in [6.45, 7) is 2.57. The number of rotatable bonds is 7. The summed E-state index contributed by atoms with van der Waals surface area (Å²) >= 11 is 5.25. The maximum Gasteiger partial charge on any atom is 0.257 e. The van der Waals surface area contributed by atoms with Crippen molar-refractivity contribution in [2.75, 3.05) is 38.7 Å². The van der Waals surface area contributed by atoms with Gasteiger partial charge in [-0.3, -0.25) is 14.9 Å². The molecule has 2 aromatic rings. The van der Waals surface area contributed by atoms with Crippen LogP contribution >= 0.6 is 12.2 Å². The first kappa shape index (κ1) is 23.7. The lowest BCUT2D eigenvalue weighted by Gasteiger charge is -2.20. The zero-order valence-corrected chi connectivity index (χ0v) is 19.1. The van der Waals surface area contributed by atoms with Gasteiger partial charge in [-0.15, -0.1) is 0 Å². The Labute approximate surface area is 194 Å². The smallest absolute Gasteiger partial charge is 0.257 e. The van der Waals surface area contributed by atoms with E-state index in [9.17, 15) is 9.59 Å². The van der Waals surface area contributed by atoms with Crippen LogP contribution in [0, 0.1) is 0 Å². The molecule has 0 bridgehead atoms. The van der Waals surface area contributed by atoms with Gasteiger partial charge in [0.05, 0.1) is 6.61 Å². The Morgan fingerprint density at radius 3 is 2.16 bits per heavy atom. The Morgan fingerprint density at radius 1 is 0.906 bits per heavy atom. The van der Waals surface area contributed by atoms with E-state index in [0.717, 1.165) is 25.9 Å². The highest BCUT2D eigenvalue weighted by atomic mass is 32.1. The molecule has 2 N–H and O–H groups in total. The maximum atomic E-state index is 12.7. The van der Waals surface area contributed by atoms with Crippen molar-refractivity contribution in [2.24, 2.45) is 0 Å². The molecule has 8 heteroatoms. The van der Waals surface area contributed by atoms with Crippen LogP contribution in [0.25, 0.3) is 0 Å². The summed E-state index contributed by atoms with van der Waals surface area (Å²) in [5.74, 6) is 0.400. The van der Waals surface area contributed by atoms with Gasteiger partial charge < -0.3 is 19.7 Å². The van der Waals surface area contributed by atoms with Gasteiger partial charge >= 0.3 is 0 Å². The molecule has 0 aliphatic carbocycles. The highest BCUT2D eigenvalue weighted by molar-refractivity contribution is 7.80. The molecule has 0 atom stereocenters. The Hall–Kier alpha value is -2.97. The fourth-order valence-corrected chi connectivity index (χ4v) is 3.65. The molecule has 170 valence electrons. The van der Waals surface area contributed by atoms with Crippen molar-refractivity contribution >= 4 is 34.8 Å². The molecule has 1 fully saturated rings. The molecule has 0 unspecified atom stereocenters. The first-order valence-corrected chi connectivity index (χ1v) is 11.2. The van der Waals surface area contributed by atoms with Crippen molar-refractivity contribution < 1.29 is 19.1 Å². The van der Waals surface area contributed by atoms with Crippen LogP contribution in [0.3, 0.4) is 0 Å². The van der Waals surface area contributed by atoms with Gasteiger partial charge in [0, 0.05) is 37.0 Å². The van der Waals surface area contributed by atoms with Crippen molar-refractivity contribution in [3.05, 3.63) is 59.7 Å². The van der Waals surface area contributed by atoms with Crippen LogP contribution in [-0.4, -0.2) is 55.2 Å². The topological polar surface area (TPSA) is 79.9 Å². The van der Waals surface area contributed by atoms with Crippen LogP contribution < -0.4 is 15.4 Å². The van der Waals surface area contributed by atoms with E-state index in [2.05, 4.69) is 10.6 Å². The lowest BCUT2D eigenvalue weighted by atomic mass is 10.1. The molecule has 2 amide bonds. The van der Waals surface area contributed by atoms with Crippen molar-refractivity contribution in [2.45, 2.75) is 25.7 Å². The van der Waals surface area contributed by atoms with E-state index in [4.69, 9.17) is 21.7 Å². The molecule has 0 spiro atoms. The molecule has 7 nitrogen and oxygen atoms in total. The van der Waals surface area contributed by atoms with Crippen LogP contribution in [0.5, 0.6) is 5.75 Å². The number of nitrogens with zero attached hydrogens (tertiary/aromatic N) is 1. The summed E-state index contributed by atoms with van der Waals surface area (Å²) in [5.41, 5.74) is 1.82. The molecule has 1 heterocycles. The van der Waals surface area contributed by atoms with E-state index in [-0.39, 0.29) is 16.9 Å². The number of hydrogen-bond acceptors (Lipinski definition) is 5. The zero-order chi connectivity index (χ0) is 22.8. The summed E-state index contributed by atoms with van der Waals surface area (Å²) in [7, 11) is 1.61. The number of thiocarbonyl (C=S) groups is 1. The Bertz CT molecular complexity index is 908. The van der Waals surface area contributed by atoms with E-state index in [1.807, 2.05) is 4.90 Å². The molecule has 1 saturated heterocycles. The van der Waals surface area contributed by atoms with E-state index in [1.54, 1.807) is 55.6 Å². The van der Waals surface area contributed by atoms with Gasteiger partial charge in [-0.25, -0.2) is 0 Å². The standard InChI is InChI=1S/C24H29N3O4S/c1-30-16-17-31-21-12-8-18(9-13-21)22(28)26-24(32)25-20-10-6-19(7-11-20)23(29)27-14-4-2-3-5-15-27/h6-13H,2-5,14-17H2,1H3,(H2,25,26,28,32). The minimum atomic E-state index is -0.320. The van der Waals surface area contributed by atoms with Gasteiger partial charge in [0.1, 0.15) is 12.4 Å². The van der Waals surface area contributed by atoms with Crippen molar-refractivity contribution in [1.82, 2.24) is 10.2 Å². The van der Waals surface area contributed by atoms with E-state index in [0.29, 0.717) is 35.8 Å². The largest absolute Gasteiger partial charge is 0.491 e. The predicted molar refractivity (Wildman–Crippen MR) is 128 cm³/mol. The van der Waals surface area contributed by atoms with Crippen molar-refractivity contribution in [1.29, 1.82) is 0 Å². The summed E-state index contributed by atoms with van der Waals surface area (Å²) < 4.78 is 10.4. The van der Waals surface area contributed by atoms with Gasteiger partial charge in [-0.2, -0.15) is 0 Å². The molecular formula is C24H29N3O4S. The van der Waals surface area contributed by atoms with Crippen molar-refractivity contribution in [3.8, 4) is 5.75 Å². The van der Waals surface area contributed by atoms with Crippen molar-refractivity contribution in [3.63, 3.8) is 0 Å². The second-order valence-electron chi connectivity index (χ2n) is 7.56. The molecule has 0 aromatic heterocycles. The molecular weight excluding hydrogens is 426 g/mol. The van der Waals surface area contributed by atoms with Crippen LogP contribution in [0.1, 0.15) is 46.4 Å². The highest BCUT2D eigenvalue weighted by Gasteiger charge is 2.17. The number of likely N-dealkylation sites (tertiary alicyclic amines) is 1. The average molecular weight is 456 g/mol. The monoisotopic (exact) mass is 455 g/mol. The van der Waals surface area contributed by atoms with E-state index < -0.39 is 0 Å². The van der Waals surface area contributed by atoms with Gasteiger partial charge in [-0.05, 0) is 73.6 Å². The Balaban J connectivity index is 1.50. The number of carbonyl (C=O) groups is 2. The number of amides is 2. The fraction of sp³-hybridized carbons (Fsp3) is 0.375. The number of nitrogens with one attached hydrogen (secondary N) is 2. The van der Waals surface area contributed by atoms with Crippen LogP contribution in [-0.2, 0) is 4.74 Å². The summed E-state index contributed by atoms with van der Waals surface area (Å²) in [4.78, 5) is 27.0. The van der Waals surface area contributed by atoms with E-state index >= 15 is 0 Å². The number of hydrogen-bond donors (Lipinski definition) is 2. The van der Waals surface area contributed by atoms with Crippen LogP contribution in [0.4, 0.5) is 5.69 Å². The minimum absolute atomic E-state index is 0.0592. The minimum Gasteiger partial charge on any atom is -0.491 e. The highest BCUT2D eigenvalue weighted by Crippen LogP contribution is 2.16. The average Bonchev–Trinajstić information content (AvgIpc) is 3.09. The van der Waals surface area contributed by atoms with E-state index in [1.165, 1.54) is 12.8 Å². The molecule has 0 saturated carbocycles. The SMILES string of the molecule is COCCOc1ccc(C(=O)NC(=S)Nc2ccc(C(=O)N3CCCCCC3)cc2)cc1. The predicted octanol–water partition coefficient (Wildman–Crippen LogP) is 3.85. The second kappa shape index (κ2) is 12.2. The van der Waals surface area contributed by atoms with Crippen LogP contribution in [0.15, 0.2) is 48.5 Å². The van der Waals surface area contributed by atoms with Crippen LogP contribution in [0.2, 0.25) is 0 Å². The first-order chi connectivity index (χ1) is 15.6. The zero-order valence-electron chi connectivity index (χ0n) is 18.3. The number of benzene rings is 2. The third kappa shape index (κ3) is 7.03. The maximum absolute atomic E-state index is 12.7. The molecule has 32 heavy (non-hydrogen) atoms. The first-order valence-electron chi connectivity index (χ1n) is 10.8. The molecule has 0 radical (unpaired) electrons. The number of anilines is 1. The second-order valence-corrected chi connectivity index (χ2v) is 7.97. The van der Waals surface area contributed by atoms with Gasteiger partial charge in [0.25, 0.3) is 11.8 Å². The summed E-state index contributed by atoms with van der Waals surface area (Å²) in [5, 5.41) is 5.82. The Kier molecular flexibility index (Phi) is 9.01. The number of carbonyl (C=O) groups excluding carboxylic acids is 2. The molecule has 1 aliphatic heterocycles. The molecule has 3 rings (SSSR count). The quantitative estimate of drug-likeness (QED) is 0.488. The van der Waals surface area contributed by atoms with Gasteiger partial charge in [-0.1, -0.05) is 12.8 Å². The number of methoxy groups -OCH3 is 1. The molecule has 1 aliphatic rings. The molecule has 2 aromatic carbocycles. The lowest BCUT2D eigenvalue weighted by Crippen LogP contribution is -2.34.